The van der Waals surface area contributed by atoms with Gasteiger partial charge < -0.3 is 4.90 Å². The molecule has 0 fully saturated rings. The van der Waals surface area contributed by atoms with Crippen LogP contribution < -0.4 is 4.90 Å². The van der Waals surface area contributed by atoms with Crippen molar-refractivity contribution in [3.05, 3.63) is 113 Å². The molecule has 0 N–H and O–H groups in total. The number of benzene rings is 3. The Morgan fingerprint density at radius 3 is 2.11 bits per heavy atom. The van der Waals surface area contributed by atoms with Crippen LogP contribution in [0.2, 0.25) is 0 Å². The minimum absolute atomic E-state index is 0.0324. The average molecular weight is 476 g/mol. The van der Waals surface area contributed by atoms with Gasteiger partial charge in [0.25, 0.3) is 0 Å². The Bertz CT molecular complexity index is 1330. The van der Waals surface area contributed by atoms with Crippen LogP contribution in [0, 0.1) is 5.41 Å². The molecule has 0 amide bonds. The molecule has 2 aliphatic rings. The molecule has 0 bridgehead atoms. The topological polar surface area (TPSA) is 3.24 Å². The first-order valence-electron chi connectivity index (χ1n) is 13.5. The molecule has 36 heavy (non-hydrogen) atoms. The van der Waals surface area contributed by atoms with Crippen LogP contribution in [0.3, 0.4) is 0 Å². The number of nitrogens with zero attached hydrogens (tertiary/aromatic N) is 1. The number of hydrogen-bond acceptors (Lipinski definition) is 1. The van der Waals surface area contributed by atoms with Gasteiger partial charge in [-0.15, -0.1) is 0 Å². The molecule has 0 aliphatic heterocycles. The minimum Gasteiger partial charge on any atom is -0.310 e. The molecular formula is C35H41N. The molecule has 2 unspecified atom stereocenters. The highest BCUT2D eigenvalue weighted by atomic mass is 15.1. The van der Waals surface area contributed by atoms with E-state index in [1.807, 2.05) is 0 Å². The van der Waals surface area contributed by atoms with Crippen molar-refractivity contribution in [3.8, 4) is 0 Å². The van der Waals surface area contributed by atoms with Gasteiger partial charge in [0.15, 0.2) is 0 Å². The summed E-state index contributed by atoms with van der Waals surface area (Å²) in [4.78, 5) is 2.44. The summed E-state index contributed by atoms with van der Waals surface area (Å²) in [6.45, 7) is 18.8. The molecule has 0 saturated heterocycles. The molecule has 0 radical (unpaired) electrons. The molecule has 2 atom stereocenters. The summed E-state index contributed by atoms with van der Waals surface area (Å²) in [7, 11) is 0. The summed E-state index contributed by atoms with van der Waals surface area (Å²) in [5, 5.41) is 0. The zero-order valence-electron chi connectivity index (χ0n) is 23.3. The van der Waals surface area contributed by atoms with Crippen LogP contribution in [0.25, 0.3) is 0 Å². The standard InChI is InChI=1S/C35H41N/c1-24(2)28-19-17-26(22-31(28)33(3,4)5)36(25-14-10-9-11-15-25)27-18-20-29-30-16-12-13-21-35(30,8)34(6,7)32(29)23-27/h9-24,30H,1-8H3. The van der Waals surface area contributed by atoms with Gasteiger partial charge in [-0.2, -0.15) is 0 Å². The smallest absolute Gasteiger partial charge is 0.0464 e. The molecule has 3 aromatic carbocycles. The SMILES string of the molecule is CC(C)c1ccc(N(c2ccccc2)c2ccc3c(c2)C(C)(C)C2(C)C=CC=CC32)cc1C(C)(C)C. The number of allylic oxidation sites excluding steroid dienone is 4. The van der Waals surface area contributed by atoms with Gasteiger partial charge in [-0.25, -0.2) is 0 Å². The maximum atomic E-state index is 2.46. The molecule has 0 saturated carbocycles. The Morgan fingerprint density at radius 2 is 1.44 bits per heavy atom. The first-order chi connectivity index (χ1) is 16.9. The van der Waals surface area contributed by atoms with E-state index in [0.29, 0.717) is 11.8 Å². The molecule has 2 aliphatic carbocycles. The third-order valence-electron chi connectivity index (χ3n) is 8.89. The fraction of sp³-hybridized carbons (Fsp3) is 0.371. The van der Waals surface area contributed by atoms with E-state index in [9.17, 15) is 0 Å². The fourth-order valence-electron chi connectivity index (χ4n) is 6.40. The Hall–Kier alpha value is -3.06. The zero-order chi connectivity index (χ0) is 25.9. The summed E-state index contributed by atoms with van der Waals surface area (Å²) in [6.07, 6.45) is 9.26. The highest BCUT2D eigenvalue weighted by molar-refractivity contribution is 5.78. The molecule has 0 aromatic heterocycles. The first kappa shape index (κ1) is 24.6. The second-order valence-corrected chi connectivity index (χ2v) is 12.7. The molecule has 0 heterocycles. The van der Waals surface area contributed by atoms with Crippen molar-refractivity contribution in [2.45, 2.75) is 78.1 Å². The maximum Gasteiger partial charge on any atom is 0.0464 e. The number of para-hydroxylation sites is 1. The van der Waals surface area contributed by atoms with Crippen molar-refractivity contribution in [2.24, 2.45) is 5.41 Å². The predicted octanol–water partition coefficient (Wildman–Crippen LogP) is 10.1. The summed E-state index contributed by atoms with van der Waals surface area (Å²) in [5.41, 5.74) is 9.59. The van der Waals surface area contributed by atoms with Crippen molar-refractivity contribution < 1.29 is 0 Å². The summed E-state index contributed by atoms with van der Waals surface area (Å²) >= 11 is 0. The van der Waals surface area contributed by atoms with Gasteiger partial charge in [-0.3, -0.25) is 0 Å². The van der Waals surface area contributed by atoms with Crippen LogP contribution in [0.4, 0.5) is 17.1 Å². The van der Waals surface area contributed by atoms with Gasteiger partial charge in [0.2, 0.25) is 0 Å². The second-order valence-electron chi connectivity index (χ2n) is 12.7. The summed E-state index contributed by atoms with van der Waals surface area (Å²) < 4.78 is 0. The lowest BCUT2D eigenvalue weighted by molar-refractivity contribution is 0.245. The van der Waals surface area contributed by atoms with E-state index in [-0.39, 0.29) is 16.2 Å². The van der Waals surface area contributed by atoms with Gasteiger partial charge in [0, 0.05) is 28.4 Å². The Morgan fingerprint density at radius 1 is 0.778 bits per heavy atom. The second kappa shape index (κ2) is 8.51. The van der Waals surface area contributed by atoms with Gasteiger partial charge in [-0.1, -0.05) is 110 Å². The molecule has 186 valence electrons. The van der Waals surface area contributed by atoms with Gasteiger partial charge in [-0.05, 0) is 75.4 Å². The number of hydrogen-bond donors (Lipinski definition) is 0. The fourth-order valence-corrected chi connectivity index (χ4v) is 6.40. The monoisotopic (exact) mass is 475 g/mol. The highest BCUT2D eigenvalue weighted by Gasteiger charge is 2.53. The van der Waals surface area contributed by atoms with Gasteiger partial charge in [0.05, 0.1) is 0 Å². The van der Waals surface area contributed by atoms with E-state index in [2.05, 4.69) is 151 Å². The van der Waals surface area contributed by atoms with E-state index < -0.39 is 0 Å². The van der Waals surface area contributed by atoms with Crippen LogP contribution in [0.15, 0.2) is 91.0 Å². The lowest BCUT2D eigenvalue weighted by Crippen LogP contribution is -2.36. The minimum atomic E-state index is 0.0324. The van der Waals surface area contributed by atoms with Crippen LogP contribution >= 0.6 is 0 Å². The number of anilines is 3. The third kappa shape index (κ3) is 3.76. The van der Waals surface area contributed by atoms with E-state index in [0.717, 1.165) is 0 Å². The molecule has 1 nitrogen and oxygen atoms in total. The molecule has 5 rings (SSSR count). The van der Waals surface area contributed by atoms with E-state index in [1.54, 1.807) is 0 Å². The van der Waals surface area contributed by atoms with Crippen molar-refractivity contribution in [1.82, 2.24) is 0 Å². The molecule has 0 spiro atoms. The lowest BCUT2D eigenvalue weighted by atomic mass is 9.62. The Labute approximate surface area is 218 Å². The van der Waals surface area contributed by atoms with Crippen molar-refractivity contribution in [3.63, 3.8) is 0 Å². The normalized spacial score (nSPS) is 22.0. The predicted molar refractivity (Wildman–Crippen MR) is 156 cm³/mol. The third-order valence-corrected chi connectivity index (χ3v) is 8.89. The number of fused-ring (bicyclic) bond motifs is 3. The lowest BCUT2D eigenvalue weighted by Gasteiger charge is -2.41. The van der Waals surface area contributed by atoms with Crippen LogP contribution in [0.5, 0.6) is 0 Å². The Kier molecular flexibility index (Phi) is 5.82. The number of rotatable bonds is 4. The van der Waals surface area contributed by atoms with Crippen molar-refractivity contribution >= 4 is 17.1 Å². The molecule has 1 heteroatoms. The highest BCUT2D eigenvalue weighted by Crippen LogP contribution is 2.61. The van der Waals surface area contributed by atoms with E-state index >= 15 is 0 Å². The van der Waals surface area contributed by atoms with Crippen LogP contribution in [-0.2, 0) is 10.8 Å². The summed E-state index contributed by atoms with van der Waals surface area (Å²) in [6, 6.07) is 25.1. The quantitative estimate of drug-likeness (QED) is 0.363. The van der Waals surface area contributed by atoms with E-state index in [1.165, 1.54) is 39.3 Å². The van der Waals surface area contributed by atoms with Gasteiger partial charge >= 0.3 is 0 Å². The first-order valence-corrected chi connectivity index (χ1v) is 13.5. The average Bonchev–Trinajstić information content (AvgIpc) is 3.01. The zero-order valence-corrected chi connectivity index (χ0v) is 23.3. The largest absolute Gasteiger partial charge is 0.310 e. The van der Waals surface area contributed by atoms with Crippen LogP contribution in [0.1, 0.15) is 89.5 Å². The van der Waals surface area contributed by atoms with Crippen LogP contribution in [-0.4, -0.2) is 0 Å². The Balaban J connectivity index is 1.71. The molecule has 3 aromatic rings. The van der Waals surface area contributed by atoms with Gasteiger partial charge in [0.1, 0.15) is 0 Å². The van der Waals surface area contributed by atoms with Crippen molar-refractivity contribution in [1.29, 1.82) is 0 Å². The van der Waals surface area contributed by atoms with E-state index in [4.69, 9.17) is 0 Å². The van der Waals surface area contributed by atoms with Crippen molar-refractivity contribution in [2.75, 3.05) is 4.90 Å². The molecular weight excluding hydrogens is 434 g/mol. The summed E-state index contributed by atoms with van der Waals surface area (Å²) in [5.74, 6) is 0.911. The maximum absolute atomic E-state index is 2.46.